The maximum absolute atomic E-state index is 5.95. The monoisotopic (exact) mass is 208 g/mol. The smallest absolute Gasteiger partial charge is 0.122 e. The van der Waals surface area contributed by atoms with Gasteiger partial charge in [0.2, 0.25) is 0 Å². The first-order valence-electron chi connectivity index (χ1n) is 4.66. The Hall–Kier alpha value is -1.15. The fourth-order valence-corrected chi connectivity index (χ4v) is 1.74. The highest BCUT2D eigenvalue weighted by Gasteiger charge is 2.20. The van der Waals surface area contributed by atoms with Crippen LogP contribution in [0.3, 0.4) is 0 Å². The van der Waals surface area contributed by atoms with Gasteiger partial charge in [-0.2, -0.15) is 0 Å². The highest BCUT2D eigenvalue weighted by atomic mass is 35.5. The molecule has 0 saturated carbocycles. The van der Waals surface area contributed by atoms with E-state index in [9.17, 15) is 0 Å². The number of hydrogen-bond donors (Lipinski definition) is 1. The van der Waals surface area contributed by atoms with Crippen LogP contribution in [-0.2, 0) is 6.42 Å². The molecule has 0 spiro atoms. The zero-order valence-corrected chi connectivity index (χ0v) is 8.83. The lowest BCUT2D eigenvalue weighted by molar-refractivity contribution is 0.322. The minimum absolute atomic E-state index is 0.282. The van der Waals surface area contributed by atoms with Gasteiger partial charge in [0.1, 0.15) is 11.3 Å². The number of rotatable bonds is 2. The topological polar surface area (TPSA) is 15.3 Å². The maximum atomic E-state index is 5.95. The third-order valence-corrected chi connectivity index (χ3v) is 2.85. The van der Waals surface area contributed by atoms with Crippen LogP contribution in [0.15, 0.2) is 41.7 Å². The zero-order chi connectivity index (χ0) is 9.97. The molecule has 1 unspecified atom stereocenters. The second-order valence-corrected chi connectivity index (χ2v) is 3.84. The van der Waals surface area contributed by atoms with Gasteiger partial charge in [0.15, 0.2) is 0 Å². The van der Waals surface area contributed by atoms with Gasteiger partial charge in [-0.1, -0.05) is 41.9 Å². The van der Waals surface area contributed by atoms with E-state index in [0.29, 0.717) is 0 Å². The second-order valence-electron chi connectivity index (χ2n) is 3.45. The van der Waals surface area contributed by atoms with E-state index in [1.165, 1.54) is 5.56 Å². The largest absolute Gasteiger partial charge is 0.368 e. The van der Waals surface area contributed by atoms with E-state index < -0.39 is 0 Å². The first kappa shape index (κ1) is 9.41. The Morgan fingerprint density at radius 2 is 2.07 bits per heavy atom. The van der Waals surface area contributed by atoms with Crippen molar-refractivity contribution in [3.63, 3.8) is 0 Å². The molecule has 14 heavy (non-hydrogen) atoms. The van der Waals surface area contributed by atoms with Crippen molar-refractivity contribution in [3.8, 4) is 0 Å². The first-order chi connectivity index (χ1) is 6.77. The van der Waals surface area contributed by atoms with Gasteiger partial charge < -0.3 is 10.2 Å². The predicted octanol–water partition coefficient (Wildman–Crippen LogP) is 2.13. The van der Waals surface area contributed by atoms with Crippen LogP contribution in [0.25, 0.3) is 0 Å². The quantitative estimate of drug-likeness (QED) is 0.750. The molecule has 1 atom stereocenters. The molecule has 0 bridgehead atoms. The minimum atomic E-state index is 0.282. The molecule has 2 nitrogen and oxygen atoms in total. The van der Waals surface area contributed by atoms with E-state index in [0.717, 1.165) is 11.6 Å². The molecule has 1 aromatic rings. The van der Waals surface area contributed by atoms with Crippen LogP contribution in [0.4, 0.5) is 0 Å². The number of hydrogen-bond acceptors (Lipinski definition) is 2. The first-order valence-corrected chi connectivity index (χ1v) is 5.03. The molecule has 0 aromatic heterocycles. The van der Waals surface area contributed by atoms with Gasteiger partial charge >= 0.3 is 0 Å². The Balaban J connectivity index is 2.01. The van der Waals surface area contributed by atoms with Gasteiger partial charge in [-0.15, -0.1) is 0 Å². The summed E-state index contributed by atoms with van der Waals surface area (Å²) in [5.74, 6) is 0. The van der Waals surface area contributed by atoms with Crippen LogP contribution in [0.5, 0.6) is 0 Å². The average molecular weight is 209 g/mol. The summed E-state index contributed by atoms with van der Waals surface area (Å²) in [4.78, 5) is 2.04. The molecular weight excluding hydrogens is 196 g/mol. The summed E-state index contributed by atoms with van der Waals surface area (Å²) in [6, 6.07) is 10.4. The summed E-state index contributed by atoms with van der Waals surface area (Å²) in [5.41, 5.74) is 1.32. The van der Waals surface area contributed by atoms with Gasteiger partial charge in [0, 0.05) is 19.7 Å². The fourth-order valence-electron chi connectivity index (χ4n) is 1.56. The molecular formula is C11H13ClN2. The summed E-state index contributed by atoms with van der Waals surface area (Å²) in [6.07, 6.45) is 3.09. The van der Waals surface area contributed by atoms with Crippen molar-refractivity contribution in [2.45, 2.75) is 12.6 Å². The van der Waals surface area contributed by atoms with Crippen molar-refractivity contribution in [1.82, 2.24) is 10.2 Å². The van der Waals surface area contributed by atoms with Crippen molar-refractivity contribution >= 4 is 11.6 Å². The molecule has 74 valence electrons. The Bertz CT molecular complexity index is 334. The van der Waals surface area contributed by atoms with Crippen molar-refractivity contribution in [2.24, 2.45) is 0 Å². The number of likely N-dealkylation sites (N-methyl/N-ethyl adjacent to an activating group) is 1. The highest BCUT2D eigenvalue weighted by molar-refractivity contribution is 6.29. The van der Waals surface area contributed by atoms with Crippen molar-refractivity contribution in [3.05, 3.63) is 47.3 Å². The normalized spacial score (nSPS) is 20.6. The summed E-state index contributed by atoms with van der Waals surface area (Å²) in [7, 11) is 1.99. The SMILES string of the molecule is CN1C(Cl)=CNC1Cc1ccccc1. The molecule has 0 radical (unpaired) electrons. The molecule has 1 N–H and O–H groups in total. The van der Waals surface area contributed by atoms with Crippen LogP contribution < -0.4 is 5.32 Å². The molecule has 3 heteroatoms. The number of benzene rings is 1. The van der Waals surface area contributed by atoms with E-state index in [2.05, 4.69) is 29.6 Å². The second kappa shape index (κ2) is 3.93. The maximum Gasteiger partial charge on any atom is 0.122 e. The Morgan fingerprint density at radius 3 is 2.64 bits per heavy atom. The van der Waals surface area contributed by atoms with Crippen LogP contribution in [0, 0.1) is 0 Å². The number of halogens is 1. The molecule has 1 heterocycles. The molecule has 0 aliphatic carbocycles. The molecule has 1 aliphatic rings. The molecule has 2 rings (SSSR count). The van der Waals surface area contributed by atoms with Gasteiger partial charge in [0.25, 0.3) is 0 Å². The highest BCUT2D eigenvalue weighted by Crippen LogP contribution is 2.17. The summed E-state index contributed by atoms with van der Waals surface area (Å²) in [6.45, 7) is 0. The predicted molar refractivity (Wildman–Crippen MR) is 58.8 cm³/mol. The van der Waals surface area contributed by atoms with Crippen LogP contribution >= 0.6 is 11.6 Å². The third-order valence-electron chi connectivity index (χ3n) is 2.47. The lowest BCUT2D eigenvalue weighted by atomic mass is 10.1. The van der Waals surface area contributed by atoms with Crippen LogP contribution in [-0.4, -0.2) is 18.1 Å². The zero-order valence-electron chi connectivity index (χ0n) is 8.07. The standard InChI is InChI=1S/C11H13ClN2/c1-14-10(12)8-13-11(14)7-9-5-3-2-4-6-9/h2-6,8,11,13H,7H2,1H3. The third kappa shape index (κ3) is 1.85. The van der Waals surface area contributed by atoms with E-state index >= 15 is 0 Å². The van der Waals surface area contributed by atoms with Crippen molar-refractivity contribution in [2.75, 3.05) is 7.05 Å². The van der Waals surface area contributed by atoms with Gasteiger partial charge in [-0.25, -0.2) is 0 Å². The van der Waals surface area contributed by atoms with E-state index in [1.807, 2.05) is 24.2 Å². The Labute approximate surface area is 89.2 Å². The Morgan fingerprint density at radius 1 is 1.36 bits per heavy atom. The molecule has 0 amide bonds. The Kier molecular flexibility index (Phi) is 2.64. The molecule has 1 aliphatic heterocycles. The number of nitrogens with zero attached hydrogens (tertiary/aromatic N) is 1. The molecule has 0 fully saturated rings. The fraction of sp³-hybridized carbons (Fsp3) is 0.273. The summed E-state index contributed by atoms with van der Waals surface area (Å²) < 4.78 is 0. The van der Waals surface area contributed by atoms with Crippen LogP contribution in [0.2, 0.25) is 0 Å². The van der Waals surface area contributed by atoms with E-state index in [4.69, 9.17) is 11.6 Å². The van der Waals surface area contributed by atoms with Crippen LogP contribution in [0.1, 0.15) is 5.56 Å². The summed E-state index contributed by atoms with van der Waals surface area (Å²) >= 11 is 5.95. The van der Waals surface area contributed by atoms with Gasteiger partial charge in [0.05, 0.1) is 0 Å². The van der Waals surface area contributed by atoms with Gasteiger partial charge in [-0.05, 0) is 5.56 Å². The lowest BCUT2D eigenvalue weighted by Crippen LogP contribution is -2.35. The van der Waals surface area contributed by atoms with E-state index in [1.54, 1.807) is 0 Å². The lowest BCUT2D eigenvalue weighted by Gasteiger charge is -2.22. The van der Waals surface area contributed by atoms with Gasteiger partial charge in [-0.3, -0.25) is 0 Å². The molecule has 1 aromatic carbocycles. The minimum Gasteiger partial charge on any atom is -0.368 e. The summed E-state index contributed by atoms with van der Waals surface area (Å²) in [5, 5.41) is 4.01. The van der Waals surface area contributed by atoms with Crippen molar-refractivity contribution in [1.29, 1.82) is 0 Å². The average Bonchev–Trinajstić information content (AvgIpc) is 2.52. The van der Waals surface area contributed by atoms with Crippen molar-refractivity contribution < 1.29 is 0 Å². The van der Waals surface area contributed by atoms with E-state index in [-0.39, 0.29) is 6.17 Å². The molecule has 0 saturated heterocycles. The number of nitrogens with one attached hydrogen (secondary N) is 1.